The van der Waals surface area contributed by atoms with Gasteiger partial charge in [0.2, 0.25) is 0 Å². The number of hydrogen-bond acceptors (Lipinski definition) is 6. The maximum atomic E-state index is 4.95. The lowest BCUT2D eigenvalue weighted by Gasteiger charge is -2.12. The minimum Gasteiger partial charge on any atom is -0.376 e. The van der Waals surface area contributed by atoms with Crippen molar-refractivity contribution in [3.63, 3.8) is 0 Å². The molecule has 0 aromatic carbocycles. The molecule has 0 atom stereocenters. The van der Waals surface area contributed by atoms with Gasteiger partial charge < -0.3 is 9.88 Å². The van der Waals surface area contributed by atoms with Crippen LogP contribution in [0.3, 0.4) is 0 Å². The minimum atomic E-state index is 0.785. The fourth-order valence-corrected chi connectivity index (χ4v) is 4.91. The Balaban J connectivity index is 1.48. The standard InChI is InChI=1S/C25H21N7S/c1-14-4-7-23(33-14)18-12-27-13-22-17(18)9-21(28-22)25-24-20(30-31-25)6-5-19(29-24)15-8-16(32(2)3)11-26-10-15/h4-13,28H,1-3H3,(H,30,31). The molecule has 0 radical (unpaired) electrons. The molecule has 8 heteroatoms. The first kappa shape index (κ1) is 19.6. The second-order valence-corrected chi connectivity index (χ2v) is 9.52. The van der Waals surface area contributed by atoms with E-state index >= 15 is 0 Å². The van der Waals surface area contributed by atoms with Crippen LogP contribution in [0.2, 0.25) is 0 Å². The van der Waals surface area contributed by atoms with Crippen LogP contribution in [0.1, 0.15) is 4.88 Å². The van der Waals surface area contributed by atoms with Gasteiger partial charge in [0.05, 0.1) is 40.5 Å². The molecule has 0 aliphatic rings. The van der Waals surface area contributed by atoms with E-state index in [4.69, 9.17) is 4.98 Å². The lowest BCUT2D eigenvalue weighted by atomic mass is 10.1. The number of hydrogen-bond donors (Lipinski definition) is 2. The van der Waals surface area contributed by atoms with Gasteiger partial charge in [0, 0.05) is 52.8 Å². The van der Waals surface area contributed by atoms with Crippen LogP contribution in [0.5, 0.6) is 0 Å². The lowest BCUT2D eigenvalue weighted by molar-refractivity contribution is 1.11. The number of nitrogens with one attached hydrogen (secondary N) is 2. The number of thiophene rings is 1. The third-order valence-corrected chi connectivity index (χ3v) is 6.78. The summed E-state index contributed by atoms with van der Waals surface area (Å²) in [5, 5.41) is 8.83. The Hall–Kier alpha value is -4.04. The van der Waals surface area contributed by atoms with Gasteiger partial charge in [-0.2, -0.15) is 5.10 Å². The molecule has 0 fully saturated rings. The van der Waals surface area contributed by atoms with E-state index < -0.39 is 0 Å². The second-order valence-electron chi connectivity index (χ2n) is 8.23. The molecule has 33 heavy (non-hydrogen) atoms. The maximum Gasteiger partial charge on any atom is 0.135 e. The molecule has 6 heterocycles. The normalized spacial score (nSPS) is 11.5. The Kier molecular flexibility index (Phi) is 4.48. The van der Waals surface area contributed by atoms with Crippen molar-refractivity contribution in [2.45, 2.75) is 6.92 Å². The summed E-state index contributed by atoms with van der Waals surface area (Å²) in [6.07, 6.45) is 7.46. The highest BCUT2D eigenvalue weighted by Crippen LogP contribution is 2.36. The smallest absolute Gasteiger partial charge is 0.135 e. The highest BCUT2D eigenvalue weighted by atomic mass is 32.1. The maximum absolute atomic E-state index is 4.95. The van der Waals surface area contributed by atoms with Crippen molar-refractivity contribution >= 4 is 39.0 Å². The summed E-state index contributed by atoms with van der Waals surface area (Å²) in [7, 11) is 4.00. The summed E-state index contributed by atoms with van der Waals surface area (Å²) >= 11 is 1.77. The van der Waals surface area contributed by atoms with Gasteiger partial charge in [0.15, 0.2) is 0 Å². The van der Waals surface area contributed by atoms with Crippen molar-refractivity contribution in [2.75, 3.05) is 19.0 Å². The van der Waals surface area contributed by atoms with Gasteiger partial charge in [0.1, 0.15) is 11.2 Å². The van der Waals surface area contributed by atoms with Gasteiger partial charge in [-0.05, 0) is 43.3 Å². The van der Waals surface area contributed by atoms with Gasteiger partial charge in [-0.1, -0.05) is 0 Å². The summed E-state index contributed by atoms with van der Waals surface area (Å²) in [5.41, 5.74) is 8.34. The molecule has 7 nitrogen and oxygen atoms in total. The molecule has 6 rings (SSSR count). The number of H-pyrrole nitrogens is 2. The van der Waals surface area contributed by atoms with Crippen LogP contribution in [0.4, 0.5) is 5.69 Å². The van der Waals surface area contributed by atoms with E-state index in [9.17, 15) is 0 Å². The molecule has 162 valence electrons. The molecule has 0 unspecified atom stereocenters. The monoisotopic (exact) mass is 451 g/mol. The molecule has 0 aliphatic heterocycles. The fourth-order valence-electron chi connectivity index (χ4n) is 4.01. The SMILES string of the molecule is Cc1ccc(-c2cncc3[nH]c(-c4n[nH]c5ccc(-c6cncc(N(C)C)c6)nc45)cc23)s1. The Morgan fingerprint density at radius 1 is 0.909 bits per heavy atom. The summed E-state index contributed by atoms with van der Waals surface area (Å²) < 4.78 is 0. The van der Waals surface area contributed by atoms with Crippen molar-refractivity contribution in [3.05, 3.63) is 66.1 Å². The lowest BCUT2D eigenvalue weighted by Crippen LogP contribution is -2.08. The van der Waals surface area contributed by atoms with Crippen LogP contribution in [-0.4, -0.2) is 44.2 Å². The molecule has 6 aromatic heterocycles. The number of aryl methyl sites for hydroxylation is 1. The number of fused-ring (bicyclic) bond motifs is 2. The number of rotatable bonds is 4. The number of anilines is 1. The first-order valence-electron chi connectivity index (χ1n) is 10.6. The molecule has 0 saturated heterocycles. The number of aromatic amines is 2. The van der Waals surface area contributed by atoms with Crippen LogP contribution in [0, 0.1) is 6.92 Å². The largest absolute Gasteiger partial charge is 0.376 e. The zero-order valence-electron chi connectivity index (χ0n) is 18.4. The van der Waals surface area contributed by atoms with E-state index in [2.05, 4.69) is 56.3 Å². The summed E-state index contributed by atoms with van der Waals surface area (Å²) in [4.78, 5) is 21.8. The van der Waals surface area contributed by atoms with E-state index in [0.29, 0.717) is 0 Å². The molecule has 0 bridgehead atoms. The van der Waals surface area contributed by atoms with Gasteiger partial charge >= 0.3 is 0 Å². The van der Waals surface area contributed by atoms with Crippen molar-refractivity contribution < 1.29 is 0 Å². The van der Waals surface area contributed by atoms with Crippen molar-refractivity contribution in [2.24, 2.45) is 0 Å². The first-order valence-corrected chi connectivity index (χ1v) is 11.4. The third-order valence-electron chi connectivity index (χ3n) is 5.75. The average molecular weight is 452 g/mol. The molecular formula is C25H21N7S. The average Bonchev–Trinajstić information content (AvgIpc) is 3.55. The van der Waals surface area contributed by atoms with E-state index in [0.717, 1.165) is 55.8 Å². The Morgan fingerprint density at radius 2 is 1.79 bits per heavy atom. The minimum absolute atomic E-state index is 0.785. The zero-order chi connectivity index (χ0) is 22.5. The van der Waals surface area contributed by atoms with E-state index in [1.165, 1.54) is 9.75 Å². The van der Waals surface area contributed by atoms with Crippen molar-refractivity contribution in [1.29, 1.82) is 0 Å². The number of aromatic nitrogens is 6. The van der Waals surface area contributed by atoms with Crippen molar-refractivity contribution in [3.8, 4) is 33.1 Å². The highest BCUT2D eigenvalue weighted by molar-refractivity contribution is 7.15. The molecule has 6 aromatic rings. The highest BCUT2D eigenvalue weighted by Gasteiger charge is 2.16. The Morgan fingerprint density at radius 3 is 2.61 bits per heavy atom. The molecule has 0 aliphatic carbocycles. The third kappa shape index (κ3) is 3.35. The van der Waals surface area contributed by atoms with Crippen molar-refractivity contribution in [1.82, 2.24) is 30.1 Å². The Labute approximate surface area is 194 Å². The fraction of sp³-hybridized carbons (Fsp3) is 0.120. The first-order chi connectivity index (χ1) is 16.1. The molecule has 0 spiro atoms. The predicted octanol–water partition coefficient (Wildman–Crippen LogP) is 5.67. The van der Waals surface area contributed by atoms with Gasteiger partial charge in [-0.3, -0.25) is 15.1 Å². The van der Waals surface area contributed by atoms with E-state index in [-0.39, 0.29) is 0 Å². The topological polar surface area (TPSA) is 86.4 Å². The van der Waals surface area contributed by atoms with Gasteiger partial charge in [-0.15, -0.1) is 11.3 Å². The quantitative estimate of drug-likeness (QED) is 0.361. The summed E-state index contributed by atoms with van der Waals surface area (Å²) in [5.74, 6) is 0. The zero-order valence-corrected chi connectivity index (χ0v) is 19.2. The molecule has 0 saturated carbocycles. The van der Waals surface area contributed by atoms with Crippen LogP contribution >= 0.6 is 11.3 Å². The van der Waals surface area contributed by atoms with Crippen LogP contribution in [-0.2, 0) is 0 Å². The summed E-state index contributed by atoms with van der Waals surface area (Å²) in [6.45, 7) is 2.12. The molecular weight excluding hydrogens is 430 g/mol. The second kappa shape index (κ2) is 7.53. The molecule has 2 N–H and O–H groups in total. The number of nitrogens with zero attached hydrogens (tertiary/aromatic N) is 5. The van der Waals surface area contributed by atoms with E-state index in [1.54, 1.807) is 11.3 Å². The Bertz CT molecular complexity index is 1620. The van der Waals surface area contributed by atoms with Gasteiger partial charge in [0.25, 0.3) is 0 Å². The van der Waals surface area contributed by atoms with Gasteiger partial charge in [-0.25, -0.2) is 4.98 Å². The van der Waals surface area contributed by atoms with Crippen LogP contribution in [0.25, 0.3) is 55.0 Å². The molecule has 0 amide bonds. The van der Waals surface area contributed by atoms with Crippen LogP contribution < -0.4 is 4.90 Å². The summed E-state index contributed by atoms with van der Waals surface area (Å²) in [6, 6.07) is 12.5. The van der Waals surface area contributed by atoms with E-state index in [1.807, 2.05) is 55.9 Å². The predicted molar refractivity (Wildman–Crippen MR) is 135 cm³/mol. The van der Waals surface area contributed by atoms with Crippen LogP contribution in [0.15, 0.2) is 61.2 Å². The number of pyridine rings is 3.